The molecule has 1 atom stereocenters. The van der Waals surface area contributed by atoms with E-state index in [1.54, 1.807) is 37.3 Å². The first-order valence-corrected chi connectivity index (χ1v) is 7.26. The lowest BCUT2D eigenvalue weighted by Crippen LogP contribution is -2.30. The first kappa shape index (κ1) is 16.7. The van der Waals surface area contributed by atoms with E-state index < -0.39 is 35.0 Å². The van der Waals surface area contributed by atoms with Crippen molar-refractivity contribution >= 4 is 5.91 Å². The molecule has 1 aromatic heterocycles. The standard InChI is InChI=1S/C17H12F3N3O2/c1-9-22-23-17(25-9)15(10-5-3-2-4-6-10)21-16(24)11-7-8-12(18)14(20)13(11)19/h2-8,15H,1H3,(H,21,24). The number of nitrogens with zero attached hydrogens (tertiary/aromatic N) is 2. The molecule has 25 heavy (non-hydrogen) atoms. The second-order valence-electron chi connectivity index (χ2n) is 5.20. The van der Waals surface area contributed by atoms with E-state index in [1.807, 2.05) is 0 Å². The Morgan fingerprint density at radius 3 is 2.40 bits per heavy atom. The molecule has 5 nitrogen and oxygen atoms in total. The van der Waals surface area contributed by atoms with Crippen molar-refractivity contribution in [3.8, 4) is 0 Å². The van der Waals surface area contributed by atoms with E-state index >= 15 is 0 Å². The third kappa shape index (κ3) is 3.37. The van der Waals surface area contributed by atoms with Gasteiger partial charge in [-0.05, 0) is 17.7 Å². The van der Waals surface area contributed by atoms with Gasteiger partial charge < -0.3 is 9.73 Å². The molecule has 2 aromatic carbocycles. The number of amides is 1. The Labute approximate surface area is 140 Å². The summed E-state index contributed by atoms with van der Waals surface area (Å²) in [6.45, 7) is 1.58. The lowest BCUT2D eigenvalue weighted by Gasteiger charge is -2.16. The van der Waals surface area contributed by atoms with Crippen molar-refractivity contribution < 1.29 is 22.4 Å². The molecule has 1 amide bonds. The van der Waals surface area contributed by atoms with Crippen LogP contribution < -0.4 is 5.32 Å². The minimum Gasteiger partial charge on any atom is -0.423 e. The number of nitrogens with one attached hydrogen (secondary N) is 1. The van der Waals surface area contributed by atoms with Crippen LogP contribution >= 0.6 is 0 Å². The fourth-order valence-electron chi connectivity index (χ4n) is 2.27. The van der Waals surface area contributed by atoms with Crippen LogP contribution in [0.15, 0.2) is 46.9 Å². The first-order valence-electron chi connectivity index (χ1n) is 7.26. The van der Waals surface area contributed by atoms with Crippen LogP contribution in [0.3, 0.4) is 0 Å². The van der Waals surface area contributed by atoms with Gasteiger partial charge in [-0.25, -0.2) is 13.2 Å². The van der Waals surface area contributed by atoms with Crippen LogP contribution in [0.25, 0.3) is 0 Å². The van der Waals surface area contributed by atoms with E-state index in [2.05, 4.69) is 15.5 Å². The number of hydrogen-bond donors (Lipinski definition) is 1. The maximum absolute atomic E-state index is 13.8. The van der Waals surface area contributed by atoms with Crippen molar-refractivity contribution in [1.82, 2.24) is 15.5 Å². The van der Waals surface area contributed by atoms with Crippen LogP contribution in [-0.2, 0) is 0 Å². The Morgan fingerprint density at radius 1 is 1.04 bits per heavy atom. The number of carbonyl (C=O) groups is 1. The number of rotatable bonds is 4. The largest absolute Gasteiger partial charge is 0.423 e. The second-order valence-corrected chi connectivity index (χ2v) is 5.20. The fraction of sp³-hybridized carbons (Fsp3) is 0.118. The summed E-state index contributed by atoms with van der Waals surface area (Å²) >= 11 is 0. The summed E-state index contributed by atoms with van der Waals surface area (Å²) in [7, 11) is 0. The van der Waals surface area contributed by atoms with Crippen molar-refractivity contribution in [1.29, 1.82) is 0 Å². The Bertz CT molecular complexity index is 913. The summed E-state index contributed by atoms with van der Waals surface area (Å²) in [5.74, 6) is -5.23. The highest BCUT2D eigenvalue weighted by molar-refractivity contribution is 5.94. The highest BCUT2D eigenvalue weighted by Gasteiger charge is 2.25. The van der Waals surface area contributed by atoms with Gasteiger partial charge in [-0.3, -0.25) is 4.79 Å². The Balaban J connectivity index is 1.96. The van der Waals surface area contributed by atoms with Gasteiger partial charge in [0.05, 0.1) is 5.56 Å². The summed E-state index contributed by atoms with van der Waals surface area (Å²) in [5, 5.41) is 10.1. The van der Waals surface area contributed by atoms with Crippen molar-refractivity contribution in [2.75, 3.05) is 0 Å². The molecule has 0 aliphatic carbocycles. The highest BCUT2D eigenvalue weighted by Crippen LogP contribution is 2.22. The van der Waals surface area contributed by atoms with Crippen molar-refractivity contribution in [2.45, 2.75) is 13.0 Å². The third-order valence-electron chi connectivity index (χ3n) is 3.48. The summed E-state index contributed by atoms with van der Waals surface area (Å²) in [4.78, 5) is 12.4. The van der Waals surface area contributed by atoms with Gasteiger partial charge in [0.15, 0.2) is 17.5 Å². The van der Waals surface area contributed by atoms with E-state index in [-0.39, 0.29) is 11.8 Å². The fourth-order valence-corrected chi connectivity index (χ4v) is 2.27. The minimum atomic E-state index is -1.71. The summed E-state index contributed by atoms with van der Waals surface area (Å²) in [5.41, 5.74) is -0.0291. The monoisotopic (exact) mass is 347 g/mol. The number of hydrogen-bond acceptors (Lipinski definition) is 4. The van der Waals surface area contributed by atoms with E-state index in [0.29, 0.717) is 11.6 Å². The summed E-state index contributed by atoms with van der Waals surface area (Å²) in [6, 6.07) is 9.31. The van der Waals surface area contributed by atoms with Gasteiger partial charge in [0.1, 0.15) is 6.04 Å². The molecule has 0 radical (unpaired) electrons. The molecule has 0 saturated heterocycles. The summed E-state index contributed by atoms with van der Waals surface area (Å²) < 4.78 is 45.6. The zero-order valence-electron chi connectivity index (χ0n) is 13.0. The Morgan fingerprint density at radius 2 is 1.76 bits per heavy atom. The molecule has 0 aliphatic heterocycles. The maximum Gasteiger partial charge on any atom is 0.255 e. The van der Waals surface area contributed by atoms with Crippen molar-refractivity contribution in [3.63, 3.8) is 0 Å². The van der Waals surface area contributed by atoms with Crippen LogP contribution in [-0.4, -0.2) is 16.1 Å². The van der Waals surface area contributed by atoms with E-state index in [9.17, 15) is 18.0 Å². The van der Waals surface area contributed by atoms with Gasteiger partial charge in [0, 0.05) is 6.92 Å². The molecule has 0 spiro atoms. The van der Waals surface area contributed by atoms with Crippen LogP contribution in [0.1, 0.15) is 33.7 Å². The van der Waals surface area contributed by atoms with Crippen molar-refractivity contribution in [3.05, 3.63) is 82.8 Å². The Kier molecular flexibility index (Phi) is 4.51. The molecule has 0 saturated carbocycles. The second kappa shape index (κ2) is 6.76. The molecular weight excluding hydrogens is 335 g/mol. The predicted molar refractivity (Wildman–Crippen MR) is 81.1 cm³/mol. The van der Waals surface area contributed by atoms with Crippen LogP contribution in [0.4, 0.5) is 13.2 Å². The zero-order valence-corrected chi connectivity index (χ0v) is 13.0. The maximum atomic E-state index is 13.8. The van der Waals surface area contributed by atoms with Gasteiger partial charge in [-0.2, -0.15) is 0 Å². The molecule has 0 fully saturated rings. The normalized spacial score (nSPS) is 12.0. The molecule has 128 valence electrons. The Hall–Kier alpha value is -3.16. The van der Waals surface area contributed by atoms with Gasteiger partial charge in [0.25, 0.3) is 5.91 Å². The number of halogens is 3. The smallest absolute Gasteiger partial charge is 0.255 e. The molecule has 1 N–H and O–H groups in total. The molecule has 3 rings (SSSR count). The van der Waals surface area contributed by atoms with Crippen LogP contribution in [0.5, 0.6) is 0 Å². The third-order valence-corrected chi connectivity index (χ3v) is 3.48. The van der Waals surface area contributed by atoms with Crippen molar-refractivity contribution in [2.24, 2.45) is 0 Å². The lowest BCUT2D eigenvalue weighted by molar-refractivity contribution is 0.0932. The molecule has 0 aliphatic rings. The molecule has 1 heterocycles. The minimum absolute atomic E-state index is 0.0834. The summed E-state index contributed by atoms with van der Waals surface area (Å²) in [6.07, 6.45) is 0. The van der Waals surface area contributed by atoms with E-state index in [0.717, 1.165) is 6.07 Å². The average Bonchev–Trinajstić information content (AvgIpc) is 3.04. The lowest BCUT2D eigenvalue weighted by atomic mass is 10.1. The number of benzene rings is 2. The number of carbonyl (C=O) groups excluding carboxylic acids is 1. The molecule has 3 aromatic rings. The van der Waals surface area contributed by atoms with Crippen LogP contribution in [0.2, 0.25) is 0 Å². The highest BCUT2D eigenvalue weighted by atomic mass is 19.2. The molecular formula is C17H12F3N3O2. The zero-order chi connectivity index (χ0) is 18.0. The van der Waals surface area contributed by atoms with Gasteiger partial charge in [0.2, 0.25) is 11.8 Å². The molecule has 8 heteroatoms. The predicted octanol–water partition coefficient (Wildman–Crippen LogP) is 3.31. The first-order chi connectivity index (χ1) is 12.0. The van der Waals surface area contributed by atoms with E-state index in [1.165, 1.54) is 0 Å². The van der Waals surface area contributed by atoms with Gasteiger partial charge in [-0.15, -0.1) is 10.2 Å². The number of aryl methyl sites for hydroxylation is 1. The SMILES string of the molecule is Cc1nnc(C(NC(=O)c2ccc(F)c(F)c2F)c2ccccc2)o1. The molecule has 0 bridgehead atoms. The van der Waals surface area contributed by atoms with Gasteiger partial charge >= 0.3 is 0 Å². The van der Waals surface area contributed by atoms with Crippen LogP contribution in [0, 0.1) is 24.4 Å². The average molecular weight is 347 g/mol. The van der Waals surface area contributed by atoms with E-state index in [4.69, 9.17) is 4.42 Å². The molecule has 1 unspecified atom stereocenters. The number of aromatic nitrogens is 2. The van der Waals surface area contributed by atoms with Gasteiger partial charge in [-0.1, -0.05) is 30.3 Å². The topological polar surface area (TPSA) is 68.0 Å². The quantitative estimate of drug-likeness (QED) is 0.735.